The molecule has 0 radical (unpaired) electrons. The van der Waals surface area contributed by atoms with Gasteiger partial charge in [-0.3, -0.25) is 9.88 Å². The highest BCUT2D eigenvalue weighted by Crippen LogP contribution is 2.07. The first-order valence-electron chi connectivity index (χ1n) is 7.70. The van der Waals surface area contributed by atoms with Crippen LogP contribution in [0.5, 0.6) is 0 Å². The minimum Gasteiger partial charge on any atom is -0.312 e. The maximum atomic E-state index is 4.60. The molecule has 1 aromatic heterocycles. The lowest BCUT2D eigenvalue weighted by molar-refractivity contribution is 0.227. The second-order valence-electron chi connectivity index (χ2n) is 6.83. The molecule has 1 aromatic rings. The number of rotatable bonds is 7. The van der Waals surface area contributed by atoms with E-state index >= 15 is 0 Å². The van der Waals surface area contributed by atoms with Crippen molar-refractivity contribution in [3.05, 3.63) is 29.6 Å². The quantitative estimate of drug-likeness (QED) is 0.829. The smallest absolute Gasteiger partial charge is 0.0547 e. The Morgan fingerprint density at radius 3 is 2.55 bits per heavy atom. The van der Waals surface area contributed by atoms with Crippen LogP contribution in [0.2, 0.25) is 0 Å². The highest BCUT2D eigenvalue weighted by Gasteiger charge is 2.14. The van der Waals surface area contributed by atoms with Crippen molar-refractivity contribution in [2.24, 2.45) is 5.92 Å². The molecular weight excluding hydrogens is 246 g/mol. The third kappa shape index (κ3) is 7.01. The Morgan fingerprint density at radius 2 is 2.00 bits per heavy atom. The Bertz CT molecular complexity index is 395. The first-order chi connectivity index (χ1) is 9.30. The molecule has 3 nitrogen and oxygen atoms in total. The zero-order valence-corrected chi connectivity index (χ0v) is 14.0. The van der Waals surface area contributed by atoms with Gasteiger partial charge in [-0.25, -0.2) is 0 Å². The number of hydrogen-bond donors (Lipinski definition) is 1. The number of nitrogens with one attached hydrogen (secondary N) is 1. The van der Waals surface area contributed by atoms with Crippen LogP contribution in [0.25, 0.3) is 0 Å². The van der Waals surface area contributed by atoms with Gasteiger partial charge < -0.3 is 5.32 Å². The van der Waals surface area contributed by atoms with Crippen LogP contribution >= 0.6 is 0 Å². The van der Waals surface area contributed by atoms with E-state index in [-0.39, 0.29) is 5.54 Å². The SMILES string of the molecule is CCN(Cc1cccc(C)n1)CC(C)CNC(C)(C)C. The van der Waals surface area contributed by atoms with Crippen molar-refractivity contribution < 1.29 is 0 Å². The molecule has 0 aliphatic rings. The molecule has 0 aromatic carbocycles. The molecule has 1 unspecified atom stereocenters. The summed E-state index contributed by atoms with van der Waals surface area (Å²) in [5.74, 6) is 0.638. The van der Waals surface area contributed by atoms with Gasteiger partial charge in [0.1, 0.15) is 0 Å². The Balaban J connectivity index is 2.46. The summed E-state index contributed by atoms with van der Waals surface area (Å²) in [5, 5.41) is 3.58. The van der Waals surface area contributed by atoms with Crippen LogP contribution in [0.4, 0.5) is 0 Å². The molecule has 0 saturated heterocycles. The standard InChI is InChI=1S/C17H31N3/c1-7-20(12-14(2)11-18-17(4,5)6)13-16-10-8-9-15(3)19-16/h8-10,14,18H,7,11-13H2,1-6H3. The minimum absolute atomic E-state index is 0.198. The van der Waals surface area contributed by atoms with Gasteiger partial charge in [-0.2, -0.15) is 0 Å². The van der Waals surface area contributed by atoms with Crippen LogP contribution in [-0.4, -0.2) is 35.1 Å². The average molecular weight is 277 g/mol. The Morgan fingerprint density at radius 1 is 1.30 bits per heavy atom. The fraction of sp³-hybridized carbons (Fsp3) is 0.706. The van der Waals surface area contributed by atoms with Gasteiger partial charge in [0, 0.05) is 24.3 Å². The summed E-state index contributed by atoms with van der Waals surface area (Å²) in [6.07, 6.45) is 0. The van der Waals surface area contributed by atoms with Crippen LogP contribution in [0.1, 0.15) is 46.0 Å². The molecule has 0 spiro atoms. The summed E-state index contributed by atoms with van der Waals surface area (Å²) < 4.78 is 0. The molecule has 0 saturated carbocycles. The zero-order chi connectivity index (χ0) is 15.2. The Kier molecular flexibility index (Phi) is 6.63. The summed E-state index contributed by atoms with van der Waals surface area (Å²) in [7, 11) is 0. The van der Waals surface area contributed by atoms with Gasteiger partial charge in [0.2, 0.25) is 0 Å². The molecule has 0 amide bonds. The molecule has 0 aliphatic heterocycles. The van der Waals surface area contributed by atoms with Gasteiger partial charge in [-0.05, 0) is 58.8 Å². The molecule has 0 fully saturated rings. The fourth-order valence-electron chi connectivity index (χ4n) is 2.21. The van der Waals surface area contributed by atoms with Crippen molar-refractivity contribution in [1.29, 1.82) is 0 Å². The maximum absolute atomic E-state index is 4.60. The van der Waals surface area contributed by atoms with E-state index in [9.17, 15) is 0 Å². The number of pyridine rings is 1. The molecule has 114 valence electrons. The van der Waals surface area contributed by atoms with Crippen molar-refractivity contribution in [1.82, 2.24) is 15.2 Å². The summed E-state index contributed by atoms with van der Waals surface area (Å²) in [6.45, 7) is 17.4. The van der Waals surface area contributed by atoms with Crippen molar-refractivity contribution >= 4 is 0 Å². The van der Waals surface area contributed by atoms with E-state index in [2.05, 4.69) is 74.9 Å². The first-order valence-corrected chi connectivity index (χ1v) is 7.70. The summed E-state index contributed by atoms with van der Waals surface area (Å²) >= 11 is 0. The highest BCUT2D eigenvalue weighted by molar-refractivity contribution is 5.09. The number of nitrogens with zero attached hydrogens (tertiary/aromatic N) is 2. The van der Waals surface area contributed by atoms with Crippen molar-refractivity contribution in [2.45, 2.75) is 53.6 Å². The van der Waals surface area contributed by atoms with Crippen LogP contribution in [0.3, 0.4) is 0 Å². The Hall–Kier alpha value is -0.930. The van der Waals surface area contributed by atoms with Crippen LogP contribution in [0.15, 0.2) is 18.2 Å². The molecule has 1 N–H and O–H groups in total. The molecule has 1 heterocycles. The van der Waals surface area contributed by atoms with Crippen molar-refractivity contribution in [2.75, 3.05) is 19.6 Å². The second-order valence-corrected chi connectivity index (χ2v) is 6.83. The average Bonchev–Trinajstić information content (AvgIpc) is 2.35. The molecule has 0 bridgehead atoms. The van der Waals surface area contributed by atoms with E-state index in [1.807, 2.05) is 0 Å². The molecule has 0 aliphatic carbocycles. The van der Waals surface area contributed by atoms with E-state index in [1.165, 1.54) is 5.69 Å². The van der Waals surface area contributed by atoms with Gasteiger partial charge in [0.05, 0.1) is 5.69 Å². The third-order valence-corrected chi connectivity index (χ3v) is 3.33. The molecule has 1 atom stereocenters. The summed E-state index contributed by atoms with van der Waals surface area (Å²) in [4.78, 5) is 7.07. The molecular formula is C17H31N3. The highest BCUT2D eigenvalue weighted by atomic mass is 15.1. The monoisotopic (exact) mass is 277 g/mol. The first kappa shape index (κ1) is 17.1. The van der Waals surface area contributed by atoms with Crippen LogP contribution in [0, 0.1) is 12.8 Å². The molecule has 20 heavy (non-hydrogen) atoms. The predicted octanol–water partition coefficient (Wildman–Crippen LogP) is 3.24. The molecule has 3 heteroatoms. The van der Waals surface area contributed by atoms with Crippen molar-refractivity contribution in [3.8, 4) is 0 Å². The number of hydrogen-bond acceptors (Lipinski definition) is 3. The Labute approximate surface area is 124 Å². The van der Waals surface area contributed by atoms with E-state index in [4.69, 9.17) is 0 Å². The van der Waals surface area contributed by atoms with E-state index in [0.29, 0.717) is 5.92 Å². The molecule has 1 rings (SSSR count). The fourth-order valence-corrected chi connectivity index (χ4v) is 2.21. The lowest BCUT2D eigenvalue weighted by Gasteiger charge is -2.27. The van der Waals surface area contributed by atoms with Crippen LogP contribution < -0.4 is 5.32 Å². The lowest BCUT2D eigenvalue weighted by Crippen LogP contribution is -2.41. The predicted molar refractivity (Wildman–Crippen MR) is 86.8 cm³/mol. The van der Waals surface area contributed by atoms with Gasteiger partial charge in [0.25, 0.3) is 0 Å². The largest absolute Gasteiger partial charge is 0.312 e. The number of aromatic nitrogens is 1. The van der Waals surface area contributed by atoms with E-state index in [0.717, 1.165) is 31.9 Å². The second kappa shape index (κ2) is 7.75. The van der Waals surface area contributed by atoms with Gasteiger partial charge in [0.15, 0.2) is 0 Å². The summed E-state index contributed by atoms with van der Waals surface area (Å²) in [5.41, 5.74) is 2.47. The van der Waals surface area contributed by atoms with Crippen molar-refractivity contribution in [3.63, 3.8) is 0 Å². The number of aryl methyl sites for hydroxylation is 1. The zero-order valence-electron chi connectivity index (χ0n) is 14.0. The van der Waals surface area contributed by atoms with Gasteiger partial charge in [-0.1, -0.05) is 19.9 Å². The van der Waals surface area contributed by atoms with Gasteiger partial charge in [-0.15, -0.1) is 0 Å². The summed E-state index contributed by atoms with van der Waals surface area (Å²) in [6, 6.07) is 6.26. The maximum Gasteiger partial charge on any atom is 0.0547 e. The normalized spacial score (nSPS) is 13.8. The topological polar surface area (TPSA) is 28.2 Å². The minimum atomic E-state index is 0.198. The third-order valence-electron chi connectivity index (χ3n) is 3.33. The van der Waals surface area contributed by atoms with E-state index in [1.54, 1.807) is 0 Å². The van der Waals surface area contributed by atoms with Crippen LogP contribution in [-0.2, 0) is 6.54 Å². The lowest BCUT2D eigenvalue weighted by atomic mass is 10.1. The van der Waals surface area contributed by atoms with Gasteiger partial charge >= 0.3 is 0 Å². The van der Waals surface area contributed by atoms with E-state index < -0.39 is 0 Å².